The van der Waals surface area contributed by atoms with Crippen molar-refractivity contribution in [2.45, 2.75) is 31.5 Å². The maximum Gasteiger partial charge on any atom is 0.293 e. The highest BCUT2D eigenvalue weighted by atomic mass is 16.8. The Morgan fingerprint density at radius 3 is 2.63 bits per heavy atom. The largest absolute Gasteiger partial charge is 0.489 e. The molecular formula is C23H20N4O3. The number of benzene rings is 2. The first-order chi connectivity index (χ1) is 14.5. The first-order valence-corrected chi connectivity index (χ1v) is 9.80. The Morgan fingerprint density at radius 1 is 1.17 bits per heavy atom. The second-order valence-electron chi connectivity index (χ2n) is 7.94. The summed E-state index contributed by atoms with van der Waals surface area (Å²) in [5, 5.41) is 20.3. The first kappa shape index (κ1) is 18.6. The van der Waals surface area contributed by atoms with Crippen molar-refractivity contribution in [3.8, 4) is 17.9 Å². The molecule has 1 saturated carbocycles. The third kappa shape index (κ3) is 2.16. The summed E-state index contributed by atoms with van der Waals surface area (Å²) in [5.41, 5.74) is 5.41. The third-order valence-corrected chi connectivity index (χ3v) is 6.24. The molecule has 2 heterocycles. The predicted molar refractivity (Wildman–Crippen MR) is 107 cm³/mol. The van der Waals surface area contributed by atoms with Gasteiger partial charge in [-0.15, -0.1) is 0 Å². The van der Waals surface area contributed by atoms with E-state index in [1.54, 1.807) is 0 Å². The van der Waals surface area contributed by atoms with Crippen LogP contribution >= 0.6 is 0 Å². The lowest BCUT2D eigenvalue weighted by molar-refractivity contribution is -0.193. The Bertz CT molecular complexity index is 1120. The molecule has 2 aliphatic heterocycles. The molecular weight excluding hydrogens is 380 g/mol. The normalized spacial score (nSPS) is 35.9. The lowest BCUT2D eigenvalue weighted by Crippen LogP contribution is -2.39. The number of nitriles is 2. The Labute approximate surface area is 174 Å². The zero-order chi connectivity index (χ0) is 21.0. The van der Waals surface area contributed by atoms with Gasteiger partial charge < -0.3 is 19.9 Å². The van der Waals surface area contributed by atoms with Crippen molar-refractivity contribution >= 4 is 5.84 Å². The van der Waals surface area contributed by atoms with Crippen LogP contribution in [0, 0.1) is 33.5 Å². The number of rotatable bonds is 4. The van der Waals surface area contributed by atoms with Crippen LogP contribution in [0.1, 0.15) is 24.0 Å². The summed E-state index contributed by atoms with van der Waals surface area (Å²) in [6.07, 6.45) is -0.247. The van der Waals surface area contributed by atoms with Gasteiger partial charge in [-0.05, 0) is 30.2 Å². The van der Waals surface area contributed by atoms with Gasteiger partial charge in [0.05, 0.1) is 24.8 Å². The van der Waals surface area contributed by atoms with Crippen LogP contribution < -0.4 is 10.5 Å². The molecule has 5 atom stereocenters. The number of aliphatic imine (C=N–C) groups is 1. The SMILES string of the molecule is C[C@H]1CO[C@@]2(N=C(N)[C@@]3(C#N)[C@@H](c4cccc(OCc5ccccc5)c4)[C@@]23C#N)O1. The summed E-state index contributed by atoms with van der Waals surface area (Å²) in [7, 11) is 0. The molecule has 30 heavy (non-hydrogen) atoms. The van der Waals surface area contributed by atoms with E-state index in [1.807, 2.05) is 61.5 Å². The van der Waals surface area contributed by atoms with Crippen LogP contribution in [0.5, 0.6) is 5.75 Å². The van der Waals surface area contributed by atoms with Gasteiger partial charge in [0.2, 0.25) is 0 Å². The van der Waals surface area contributed by atoms with Crippen molar-refractivity contribution in [2.24, 2.45) is 21.6 Å². The first-order valence-electron chi connectivity index (χ1n) is 9.80. The smallest absolute Gasteiger partial charge is 0.293 e. The second kappa shape index (κ2) is 6.30. The van der Waals surface area contributed by atoms with E-state index in [4.69, 9.17) is 19.9 Å². The molecule has 1 spiro atoms. The van der Waals surface area contributed by atoms with E-state index >= 15 is 0 Å². The monoisotopic (exact) mass is 400 g/mol. The molecule has 3 aliphatic rings. The highest BCUT2D eigenvalue weighted by Crippen LogP contribution is 2.82. The van der Waals surface area contributed by atoms with Crippen LogP contribution in [0.25, 0.3) is 0 Å². The van der Waals surface area contributed by atoms with Crippen molar-refractivity contribution in [2.75, 3.05) is 6.61 Å². The van der Waals surface area contributed by atoms with E-state index in [1.165, 1.54) is 0 Å². The van der Waals surface area contributed by atoms with Gasteiger partial charge in [0.25, 0.3) is 5.91 Å². The summed E-state index contributed by atoms with van der Waals surface area (Å²) >= 11 is 0. The topological polar surface area (TPSA) is 114 Å². The zero-order valence-electron chi connectivity index (χ0n) is 16.4. The average molecular weight is 400 g/mol. The molecule has 2 fully saturated rings. The molecule has 0 aromatic heterocycles. The minimum atomic E-state index is -1.55. The van der Waals surface area contributed by atoms with E-state index in [9.17, 15) is 10.5 Å². The highest BCUT2D eigenvalue weighted by molar-refractivity contribution is 6.00. The van der Waals surface area contributed by atoms with Gasteiger partial charge in [-0.3, -0.25) is 0 Å². The van der Waals surface area contributed by atoms with Gasteiger partial charge in [0.1, 0.15) is 23.6 Å². The van der Waals surface area contributed by atoms with Gasteiger partial charge in [-0.1, -0.05) is 42.5 Å². The standard InChI is InChI=1S/C23H20N4O3/c1-15-11-29-23(30-15)22(14-25)19(21(22,13-24)20(26)27-23)17-8-5-9-18(10-17)28-12-16-6-3-2-4-7-16/h2-10,15,19H,11-12H2,1H3,(H2,26,27)/t15-,19+,21+,22+,23+/m0/s1. The average Bonchev–Trinajstić information content (AvgIpc) is 3.17. The molecule has 1 aliphatic carbocycles. The predicted octanol–water partition coefficient (Wildman–Crippen LogP) is 2.84. The van der Waals surface area contributed by atoms with Crippen LogP contribution in [0.4, 0.5) is 0 Å². The highest BCUT2D eigenvalue weighted by Gasteiger charge is 2.94. The number of fused-ring (bicyclic) bond motifs is 2. The molecule has 7 nitrogen and oxygen atoms in total. The Kier molecular flexibility index (Phi) is 3.91. The minimum absolute atomic E-state index is 0.0845. The molecule has 2 aromatic rings. The molecule has 2 aromatic carbocycles. The van der Waals surface area contributed by atoms with Gasteiger partial charge in [-0.2, -0.15) is 10.5 Å². The van der Waals surface area contributed by atoms with E-state index in [0.717, 1.165) is 11.1 Å². The number of nitrogens with zero attached hydrogens (tertiary/aromatic N) is 3. The van der Waals surface area contributed by atoms with E-state index < -0.39 is 22.7 Å². The summed E-state index contributed by atoms with van der Waals surface area (Å²) < 4.78 is 17.7. The molecule has 5 rings (SSSR count). The van der Waals surface area contributed by atoms with E-state index in [0.29, 0.717) is 12.4 Å². The molecule has 2 N–H and O–H groups in total. The number of amidine groups is 1. The van der Waals surface area contributed by atoms with E-state index in [2.05, 4.69) is 17.1 Å². The Morgan fingerprint density at radius 2 is 1.97 bits per heavy atom. The molecule has 0 bridgehead atoms. The molecule has 0 unspecified atom stereocenters. The van der Waals surface area contributed by atoms with Crippen LogP contribution in [-0.2, 0) is 16.1 Å². The van der Waals surface area contributed by atoms with E-state index in [-0.39, 0.29) is 18.5 Å². The molecule has 1 saturated heterocycles. The summed E-state index contributed by atoms with van der Waals surface area (Å²) in [5.74, 6) is -1.34. The minimum Gasteiger partial charge on any atom is -0.489 e. The van der Waals surface area contributed by atoms with Crippen molar-refractivity contribution < 1.29 is 14.2 Å². The third-order valence-electron chi connectivity index (χ3n) is 6.24. The molecule has 0 radical (unpaired) electrons. The fourth-order valence-corrected chi connectivity index (χ4v) is 4.89. The summed E-state index contributed by atoms with van der Waals surface area (Å²) in [6, 6.07) is 21.8. The van der Waals surface area contributed by atoms with Crippen molar-refractivity contribution in [1.29, 1.82) is 10.5 Å². The van der Waals surface area contributed by atoms with Gasteiger partial charge in [0.15, 0.2) is 5.41 Å². The van der Waals surface area contributed by atoms with Crippen molar-refractivity contribution in [1.82, 2.24) is 0 Å². The quantitative estimate of drug-likeness (QED) is 0.844. The fourth-order valence-electron chi connectivity index (χ4n) is 4.89. The van der Waals surface area contributed by atoms with Gasteiger partial charge in [-0.25, -0.2) is 4.99 Å². The van der Waals surface area contributed by atoms with Crippen LogP contribution in [-0.4, -0.2) is 24.5 Å². The number of nitrogens with two attached hydrogens (primary N) is 1. The van der Waals surface area contributed by atoms with Crippen LogP contribution in [0.3, 0.4) is 0 Å². The molecule has 0 amide bonds. The fraction of sp³-hybridized carbons (Fsp3) is 0.348. The number of ether oxygens (including phenoxy) is 3. The summed E-state index contributed by atoms with van der Waals surface area (Å²) in [4.78, 5) is 4.33. The summed E-state index contributed by atoms with van der Waals surface area (Å²) in [6.45, 7) is 2.54. The molecule has 7 heteroatoms. The lowest BCUT2D eigenvalue weighted by atomic mass is 9.94. The van der Waals surface area contributed by atoms with Crippen molar-refractivity contribution in [3.63, 3.8) is 0 Å². The Hall–Kier alpha value is -3.39. The van der Waals surface area contributed by atoms with Crippen molar-refractivity contribution in [3.05, 3.63) is 65.7 Å². The number of hydrogen-bond acceptors (Lipinski definition) is 7. The van der Waals surface area contributed by atoms with Crippen LogP contribution in [0.15, 0.2) is 59.6 Å². The maximum atomic E-state index is 10.2. The lowest BCUT2D eigenvalue weighted by Gasteiger charge is -2.26. The van der Waals surface area contributed by atoms with Crippen LogP contribution in [0.2, 0.25) is 0 Å². The maximum absolute atomic E-state index is 10.2. The second-order valence-corrected chi connectivity index (χ2v) is 7.94. The zero-order valence-corrected chi connectivity index (χ0v) is 16.4. The number of hydrogen-bond donors (Lipinski definition) is 1. The van der Waals surface area contributed by atoms with Gasteiger partial charge in [0, 0.05) is 5.92 Å². The van der Waals surface area contributed by atoms with Gasteiger partial charge >= 0.3 is 0 Å². The Balaban J connectivity index is 1.50. The molecule has 150 valence electrons.